The molecule has 0 unspecified atom stereocenters. The summed E-state index contributed by atoms with van der Waals surface area (Å²) in [6, 6.07) is 4.58. The number of hydrogen-bond donors (Lipinski definition) is 1. The highest BCUT2D eigenvalue weighted by molar-refractivity contribution is 5.95. The van der Waals surface area contributed by atoms with Crippen LogP contribution in [0.15, 0.2) is 18.2 Å². The zero-order chi connectivity index (χ0) is 9.14. The molecule has 1 aromatic rings. The number of rotatable bonds is 2. The number of nitrogens with two attached hydrogens (primary N) is 1. The minimum absolute atomic E-state index is 0.114. The topological polar surface area (TPSA) is 73.1 Å². The second-order valence-electron chi connectivity index (χ2n) is 2.33. The Hall–Kier alpha value is -1.71. The molecule has 0 aliphatic carbocycles. The summed E-state index contributed by atoms with van der Waals surface area (Å²) in [6.45, 7) is 1.38. The van der Waals surface area contributed by atoms with Crippen LogP contribution in [0.25, 0.3) is 0 Å². The minimum atomic E-state index is -0.627. The van der Waals surface area contributed by atoms with Gasteiger partial charge in [0, 0.05) is 6.92 Å². The lowest BCUT2D eigenvalue weighted by atomic mass is 10.2. The summed E-state index contributed by atoms with van der Waals surface area (Å²) < 4.78 is 0. The number of nitrogens with zero attached hydrogens (tertiary/aromatic N) is 1. The second kappa shape index (κ2) is 3.13. The van der Waals surface area contributed by atoms with E-state index < -0.39 is 5.91 Å². The van der Waals surface area contributed by atoms with Gasteiger partial charge in [-0.25, -0.2) is 4.98 Å². The molecule has 4 heteroatoms. The molecule has 0 saturated heterocycles. The van der Waals surface area contributed by atoms with Gasteiger partial charge in [0.05, 0.1) is 0 Å². The lowest BCUT2D eigenvalue weighted by Crippen LogP contribution is -2.14. The van der Waals surface area contributed by atoms with Crippen LogP contribution in [0.2, 0.25) is 0 Å². The number of hydrogen-bond acceptors (Lipinski definition) is 3. The Labute approximate surface area is 69.4 Å². The summed E-state index contributed by atoms with van der Waals surface area (Å²) in [7, 11) is 0. The quantitative estimate of drug-likeness (QED) is 0.642. The number of carbonyl (C=O) groups excluding carboxylic acids is 2. The fourth-order valence-electron chi connectivity index (χ4n) is 0.768. The van der Waals surface area contributed by atoms with Crippen molar-refractivity contribution < 1.29 is 9.59 Å². The zero-order valence-electron chi connectivity index (χ0n) is 6.57. The van der Waals surface area contributed by atoms with E-state index in [0.717, 1.165) is 0 Å². The molecule has 62 valence electrons. The van der Waals surface area contributed by atoms with Crippen molar-refractivity contribution in [2.75, 3.05) is 0 Å². The lowest BCUT2D eigenvalue weighted by Gasteiger charge is -1.96. The van der Waals surface area contributed by atoms with Gasteiger partial charge in [-0.05, 0) is 12.1 Å². The maximum absolute atomic E-state index is 10.8. The summed E-state index contributed by atoms with van der Waals surface area (Å²) in [6.07, 6.45) is 0. The smallest absolute Gasteiger partial charge is 0.267 e. The Bertz CT molecular complexity index is 304. The third-order valence-electron chi connectivity index (χ3n) is 1.36. The maximum atomic E-state index is 10.8. The van der Waals surface area contributed by atoms with Gasteiger partial charge in [0.25, 0.3) is 5.91 Å². The van der Waals surface area contributed by atoms with Crippen molar-refractivity contribution in [3.63, 3.8) is 0 Å². The Morgan fingerprint density at radius 3 is 2.42 bits per heavy atom. The first kappa shape index (κ1) is 8.39. The first-order valence-corrected chi connectivity index (χ1v) is 3.39. The highest BCUT2D eigenvalue weighted by Gasteiger charge is 2.05. The predicted octanol–water partition coefficient (Wildman–Crippen LogP) is 0.383. The maximum Gasteiger partial charge on any atom is 0.267 e. The normalized spacial score (nSPS) is 9.42. The van der Waals surface area contributed by atoms with E-state index in [1.165, 1.54) is 19.1 Å². The summed E-state index contributed by atoms with van der Waals surface area (Å²) >= 11 is 0. The van der Waals surface area contributed by atoms with Crippen LogP contribution in [0.5, 0.6) is 0 Å². The third kappa shape index (κ3) is 1.66. The second-order valence-corrected chi connectivity index (χ2v) is 2.33. The number of Topliss-reactive ketones (excluding diaryl/α,β-unsaturated/α-hetero) is 1. The van der Waals surface area contributed by atoms with Crippen LogP contribution >= 0.6 is 0 Å². The van der Waals surface area contributed by atoms with Gasteiger partial charge in [-0.1, -0.05) is 6.07 Å². The first-order valence-electron chi connectivity index (χ1n) is 3.39. The van der Waals surface area contributed by atoms with Crippen molar-refractivity contribution in [1.82, 2.24) is 4.98 Å². The Kier molecular flexibility index (Phi) is 2.19. The molecule has 0 aliphatic rings. The fourth-order valence-corrected chi connectivity index (χ4v) is 0.768. The van der Waals surface area contributed by atoms with Crippen LogP contribution in [0.4, 0.5) is 0 Å². The van der Waals surface area contributed by atoms with E-state index in [9.17, 15) is 9.59 Å². The highest BCUT2D eigenvalue weighted by Crippen LogP contribution is 1.99. The molecule has 1 aromatic heterocycles. The number of carbonyl (C=O) groups is 2. The Balaban J connectivity index is 3.12. The molecule has 0 saturated carbocycles. The fraction of sp³-hybridized carbons (Fsp3) is 0.125. The lowest BCUT2D eigenvalue weighted by molar-refractivity contribution is 0.0995. The number of ketones is 1. The SMILES string of the molecule is CC(=O)c1cccc(C(N)=O)n1. The minimum Gasteiger partial charge on any atom is -0.364 e. The molecule has 1 heterocycles. The van der Waals surface area contributed by atoms with Crippen LogP contribution in [0.3, 0.4) is 0 Å². The first-order chi connectivity index (χ1) is 5.61. The van der Waals surface area contributed by atoms with E-state index in [0.29, 0.717) is 0 Å². The molecular weight excluding hydrogens is 156 g/mol. The molecule has 0 bridgehead atoms. The monoisotopic (exact) mass is 164 g/mol. The van der Waals surface area contributed by atoms with Crippen molar-refractivity contribution >= 4 is 11.7 Å². The van der Waals surface area contributed by atoms with Gasteiger partial charge in [0.2, 0.25) is 0 Å². The van der Waals surface area contributed by atoms with Crippen molar-refractivity contribution in [1.29, 1.82) is 0 Å². The van der Waals surface area contributed by atoms with Gasteiger partial charge in [-0.15, -0.1) is 0 Å². The van der Waals surface area contributed by atoms with Gasteiger partial charge >= 0.3 is 0 Å². The van der Waals surface area contributed by atoms with E-state index in [1.807, 2.05) is 0 Å². The summed E-state index contributed by atoms with van der Waals surface area (Å²) in [4.78, 5) is 25.2. The van der Waals surface area contributed by atoms with Crippen molar-refractivity contribution in [3.8, 4) is 0 Å². The van der Waals surface area contributed by atoms with Crippen molar-refractivity contribution in [3.05, 3.63) is 29.6 Å². The molecule has 4 nitrogen and oxygen atoms in total. The Morgan fingerprint density at radius 1 is 1.33 bits per heavy atom. The van der Waals surface area contributed by atoms with E-state index in [2.05, 4.69) is 4.98 Å². The van der Waals surface area contributed by atoms with Crippen molar-refractivity contribution in [2.24, 2.45) is 5.73 Å². The zero-order valence-corrected chi connectivity index (χ0v) is 6.57. The van der Waals surface area contributed by atoms with E-state index in [1.54, 1.807) is 6.07 Å². The molecule has 12 heavy (non-hydrogen) atoms. The molecule has 0 fully saturated rings. The van der Waals surface area contributed by atoms with E-state index >= 15 is 0 Å². The molecule has 1 rings (SSSR count). The van der Waals surface area contributed by atoms with Gasteiger partial charge in [0.15, 0.2) is 5.78 Å². The molecule has 0 aromatic carbocycles. The summed E-state index contributed by atoms with van der Waals surface area (Å²) in [5.74, 6) is -0.809. The van der Waals surface area contributed by atoms with Gasteiger partial charge in [-0.3, -0.25) is 9.59 Å². The van der Waals surface area contributed by atoms with E-state index in [-0.39, 0.29) is 17.2 Å². The number of amides is 1. The van der Waals surface area contributed by atoms with Crippen LogP contribution in [-0.2, 0) is 0 Å². The van der Waals surface area contributed by atoms with Crippen molar-refractivity contribution in [2.45, 2.75) is 6.92 Å². The van der Waals surface area contributed by atoms with Gasteiger partial charge in [-0.2, -0.15) is 0 Å². The number of aromatic nitrogens is 1. The van der Waals surface area contributed by atoms with Crippen LogP contribution in [0.1, 0.15) is 27.9 Å². The average molecular weight is 164 g/mol. The number of pyridine rings is 1. The van der Waals surface area contributed by atoms with E-state index in [4.69, 9.17) is 5.73 Å². The highest BCUT2D eigenvalue weighted by atomic mass is 16.1. The standard InChI is InChI=1S/C8H8N2O2/c1-5(11)6-3-2-4-7(10-6)8(9)12/h2-4H,1H3,(H2,9,12). The largest absolute Gasteiger partial charge is 0.364 e. The molecule has 0 aliphatic heterocycles. The van der Waals surface area contributed by atoms with Gasteiger partial charge in [0.1, 0.15) is 11.4 Å². The summed E-state index contributed by atoms with van der Waals surface area (Å²) in [5, 5.41) is 0. The summed E-state index contributed by atoms with van der Waals surface area (Å²) in [5.41, 5.74) is 5.34. The molecule has 1 amide bonds. The third-order valence-corrected chi connectivity index (χ3v) is 1.36. The predicted molar refractivity (Wildman–Crippen MR) is 42.8 cm³/mol. The molecule has 2 N–H and O–H groups in total. The van der Waals surface area contributed by atoms with Crippen LogP contribution < -0.4 is 5.73 Å². The molecule has 0 atom stereocenters. The molecule has 0 spiro atoms. The van der Waals surface area contributed by atoms with Crippen LogP contribution in [0, 0.1) is 0 Å². The average Bonchev–Trinajstić information content (AvgIpc) is 2.04. The van der Waals surface area contributed by atoms with Gasteiger partial charge < -0.3 is 5.73 Å². The molecule has 0 radical (unpaired) electrons. The van der Waals surface area contributed by atoms with Crippen LogP contribution in [-0.4, -0.2) is 16.7 Å². The Morgan fingerprint density at radius 2 is 1.92 bits per heavy atom. The molecular formula is C8H8N2O2. The number of primary amides is 1.